The number of carbonyl (C=O) groups is 1. The minimum atomic E-state index is -0.513. The number of amides is 1. The molecule has 0 aliphatic carbocycles. The van der Waals surface area contributed by atoms with E-state index in [1.807, 2.05) is 33.0 Å². The zero-order chi connectivity index (χ0) is 20.0. The number of hydrogen-bond acceptors (Lipinski definition) is 4. The molecule has 152 valence electrons. The van der Waals surface area contributed by atoms with E-state index in [2.05, 4.69) is 36.7 Å². The van der Waals surface area contributed by atoms with Gasteiger partial charge in [0.2, 0.25) is 0 Å². The van der Waals surface area contributed by atoms with Crippen LogP contribution < -0.4 is 4.90 Å². The number of ether oxygens (including phenoxy) is 1. The summed E-state index contributed by atoms with van der Waals surface area (Å²) in [4.78, 5) is 21.5. The number of piperidine rings is 1. The van der Waals surface area contributed by atoms with Crippen LogP contribution in [-0.2, 0) is 4.74 Å². The first-order chi connectivity index (χ1) is 12.7. The molecule has 0 saturated carbocycles. The standard InChI is InChI=1S/C22H37N3O2/c1-7-8-14-25(21(26)27-22(4,5)6)20-13-12-18(16-23-20)19-11-9-10-15-24(19)17(2)3/h12-13,16-17,19H,7-11,14-15H2,1-6H3/t19-/m0/s1. The van der Waals surface area contributed by atoms with Crippen LogP contribution >= 0.6 is 0 Å². The molecule has 1 aromatic rings. The van der Waals surface area contributed by atoms with Gasteiger partial charge in [0.05, 0.1) is 0 Å². The van der Waals surface area contributed by atoms with E-state index < -0.39 is 5.60 Å². The Morgan fingerprint density at radius 1 is 1.33 bits per heavy atom. The van der Waals surface area contributed by atoms with Crippen molar-refractivity contribution in [2.24, 2.45) is 0 Å². The predicted octanol–water partition coefficient (Wildman–Crippen LogP) is 5.56. The quantitative estimate of drug-likeness (QED) is 0.653. The van der Waals surface area contributed by atoms with Gasteiger partial charge in [-0.3, -0.25) is 9.80 Å². The monoisotopic (exact) mass is 375 g/mol. The van der Waals surface area contributed by atoms with Crippen LogP contribution in [0.4, 0.5) is 10.6 Å². The van der Waals surface area contributed by atoms with E-state index >= 15 is 0 Å². The molecular formula is C22H37N3O2. The summed E-state index contributed by atoms with van der Waals surface area (Å²) < 4.78 is 5.59. The van der Waals surface area contributed by atoms with Crippen LogP contribution in [0.1, 0.15) is 85.3 Å². The number of hydrogen-bond donors (Lipinski definition) is 0. The Morgan fingerprint density at radius 2 is 2.07 bits per heavy atom. The highest BCUT2D eigenvalue weighted by Gasteiger charge is 2.27. The van der Waals surface area contributed by atoms with Crippen LogP contribution in [-0.4, -0.2) is 40.7 Å². The van der Waals surface area contributed by atoms with Gasteiger partial charge in [0.15, 0.2) is 0 Å². The highest BCUT2D eigenvalue weighted by Crippen LogP contribution is 2.32. The minimum absolute atomic E-state index is 0.322. The Labute approximate surface area is 165 Å². The van der Waals surface area contributed by atoms with Crippen molar-refractivity contribution in [1.29, 1.82) is 0 Å². The third kappa shape index (κ3) is 6.20. The average molecular weight is 376 g/mol. The highest BCUT2D eigenvalue weighted by molar-refractivity contribution is 5.86. The molecule has 1 aromatic heterocycles. The van der Waals surface area contributed by atoms with E-state index in [1.54, 1.807) is 4.90 Å². The van der Waals surface area contributed by atoms with E-state index in [4.69, 9.17) is 4.74 Å². The highest BCUT2D eigenvalue weighted by atomic mass is 16.6. The normalized spacial score (nSPS) is 18.6. The largest absolute Gasteiger partial charge is 0.443 e. The van der Waals surface area contributed by atoms with Gasteiger partial charge in [0.1, 0.15) is 11.4 Å². The smallest absolute Gasteiger partial charge is 0.416 e. The van der Waals surface area contributed by atoms with Crippen molar-refractivity contribution in [1.82, 2.24) is 9.88 Å². The van der Waals surface area contributed by atoms with Crippen molar-refractivity contribution in [2.45, 2.75) is 91.3 Å². The number of carbonyl (C=O) groups excluding carboxylic acids is 1. The zero-order valence-corrected chi connectivity index (χ0v) is 18.0. The maximum atomic E-state index is 12.6. The first kappa shape index (κ1) is 21.7. The maximum Gasteiger partial charge on any atom is 0.416 e. The second kappa shape index (κ2) is 9.54. The van der Waals surface area contributed by atoms with Crippen molar-refractivity contribution >= 4 is 11.9 Å². The van der Waals surface area contributed by atoms with E-state index in [1.165, 1.54) is 24.8 Å². The molecular weight excluding hydrogens is 338 g/mol. The summed E-state index contributed by atoms with van der Waals surface area (Å²) in [6, 6.07) is 5.06. The van der Waals surface area contributed by atoms with Gasteiger partial charge in [-0.1, -0.05) is 25.8 Å². The fourth-order valence-corrected chi connectivity index (χ4v) is 3.62. The van der Waals surface area contributed by atoms with Crippen LogP contribution in [0.5, 0.6) is 0 Å². The molecule has 0 radical (unpaired) electrons. The Morgan fingerprint density at radius 3 is 2.63 bits per heavy atom. The summed E-state index contributed by atoms with van der Waals surface area (Å²) in [5.74, 6) is 0.674. The van der Waals surface area contributed by atoms with Crippen molar-refractivity contribution in [3.05, 3.63) is 23.9 Å². The number of likely N-dealkylation sites (tertiary alicyclic amines) is 1. The summed E-state index contributed by atoms with van der Waals surface area (Å²) in [5, 5.41) is 0. The van der Waals surface area contributed by atoms with Gasteiger partial charge >= 0.3 is 6.09 Å². The molecule has 5 nitrogen and oxygen atoms in total. The predicted molar refractivity (Wildman–Crippen MR) is 111 cm³/mol. The van der Waals surface area contributed by atoms with Crippen molar-refractivity contribution < 1.29 is 9.53 Å². The van der Waals surface area contributed by atoms with Crippen LogP contribution in [0, 0.1) is 0 Å². The van der Waals surface area contributed by atoms with Gasteiger partial charge in [0.25, 0.3) is 0 Å². The Hall–Kier alpha value is -1.62. The number of unbranched alkanes of at least 4 members (excludes halogenated alkanes) is 1. The zero-order valence-electron chi connectivity index (χ0n) is 18.0. The third-order valence-corrected chi connectivity index (χ3v) is 4.99. The van der Waals surface area contributed by atoms with Crippen LogP contribution in [0.25, 0.3) is 0 Å². The lowest BCUT2D eigenvalue weighted by molar-refractivity contribution is 0.0578. The number of nitrogens with zero attached hydrogens (tertiary/aromatic N) is 3. The molecule has 0 spiro atoms. The molecule has 2 rings (SSSR count). The molecule has 2 heterocycles. The van der Waals surface area contributed by atoms with Crippen molar-refractivity contribution in [2.75, 3.05) is 18.0 Å². The van der Waals surface area contributed by atoms with Crippen molar-refractivity contribution in [3.8, 4) is 0 Å². The van der Waals surface area contributed by atoms with Gasteiger partial charge in [-0.25, -0.2) is 9.78 Å². The van der Waals surface area contributed by atoms with Gasteiger partial charge in [-0.2, -0.15) is 0 Å². The molecule has 0 N–H and O–H groups in total. The Kier molecular flexibility index (Phi) is 7.66. The maximum absolute atomic E-state index is 12.6. The topological polar surface area (TPSA) is 45.7 Å². The van der Waals surface area contributed by atoms with Gasteiger partial charge in [0, 0.05) is 24.8 Å². The van der Waals surface area contributed by atoms with Crippen molar-refractivity contribution in [3.63, 3.8) is 0 Å². The Bertz CT molecular complexity index is 593. The molecule has 1 amide bonds. The number of rotatable bonds is 6. The summed E-state index contributed by atoms with van der Waals surface area (Å²) >= 11 is 0. The molecule has 1 atom stereocenters. The molecule has 0 bridgehead atoms. The Balaban J connectivity index is 2.19. The van der Waals surface area contributed by atoms with Gasteiger partial charge < -0.3 is 4.74 Å². The lowest BCUT2D eigenvalue weighted by Crippen LogP contribution is -2.39. The molecule has 1 fully saturated rings. The third-order valence-electron chi connectivity index (χ3n) is 4.99. The summed E-state index contributed by atoms with van der Waals surface area (Å²) in [5.41, 5.74) is 0.730. The molecule has 1 aliphatic heterocycles. The summed E-state index contributed by atoms with van der Waals surface area (Å²) in [7, 11) is 0. The molecule has 27 heavy (non-hydrogen) atoms. The van der Waals surface area contributed by atoms with Crippen LogP contribution in [0.15, 0.2) is 18.3 Å². The first-order valence-electron chi connectivity index (χ1n) is 10.4. The summed E-state index contributed by atoms with van der Waals surface area (Å²) in [6.45, 7) is 14.1. The second-order valence-corrected chi connectivity index (χ2v) is 8.78. The van der Waals surface area contributed by atoms with Gasteiger partial charge in [-0.05, 0) is 72.1 Å². The first-order valence-corrected chi connectivity index (χ1v) is 10.4. The molecule has 0 unspecified atom stereocenters. The lowest BCUT2D eigenvalue weighted by atomic mass is 9.95. The molecule has 1 saturated heterocycles. The minimum Gasteiger partial charge on any atom is -0.443 e. The lowest BCUT2D eigenvalue weighted by Gasteiger charge is -2.38. The van der Waals surface area contributed by atoms with E-state index in [0.29, 0.717) is 24.4 Å². The number of pyridine rings is 1. The fraction of sp³-hybridized carbons (Fsp3) is 0.727. The average Bonchev–Trinajstić information content (AvgIpc) is 2.61. The van der Waals surface area contributed by atoms with Gasteiger partial charge in [-0.15, -0.1) is 0 Å². The SMILES string of the molecule is CCCCN(C(=O)OC(C)(C)C)c1ccc([C@@H]2CCCCN2C(C)C)cn1. The second-order valence-electron chi connectivity index (χ2n) is 8.78. The molecule has 1 aliphatic rings. The number of anilines is 1. The van der Waals surface area contributed by atoms with E-state index in [0.717, 1.165) is 19.4 Å². The van der Waals surface area contributed by atoms with Crippen LogP contribution in [0.2, 0.25) is 0 Å². The molecule has 5 heteroatoms. The van der Waals surface area contributed by atoms with E-state index in [9.17, 15) is 4.79 Å². The molecule has 0 aromatic carbocycles. The van der Waals surface area contributed by atoms with E-state index in [-0.39, 0.29) is 6.09 Å². The fourth-order valence-electron chi connectivity index (χ4n) is 3.62. The summed E-state index contributed by atoms with van der Waals surface area (Å²) in [6.07, 6.45) is 7.27. The van der Waals surface area contributed by atoms with Crippen LogP contribution in [0.3, 0.4) is 0 Å². The number of aromatic nitrogens is 1.